The minimum absolute atomic E-state index is 0.306. The predicted octanol–water partition coefficient (Wildman–Crippen LogP) is 2.37. The molecule has 0 amide bonds. The second kappa shape index (κ2) is 5.02. The van der Waals surface area contributed by atoms with E-state index in [1.807, 2.05) is 13.1 Å². The first-order chi connectivity index (χ1) is 6.24. The fourth-order valence-corrected chi connectivity index (χ4v) is 1.19. The third-order valence-corrected chi connectivity index (χ3v) is 2.03. The smallest absolute Gasteiger partial charge is 0.224 e. The van der Waals surface area contributed by atoms with Crippen LogP contribution in [0.2, 0.25) is 5.28 Å². The van der Waals surface area contributed by atoms with Crippen molar-refractivity contribution in [2.75, 3.05) is 18.5 Å². The van der Waals surface area contributed by atoms with Gasteiger partial charge in [0.2, 0.25) is 5.28 Å². The maximum Gasteiger partial charge on any atom is 0.224 e. The molecule has 0 aliphatic heterocycles. The molecule has 3 nitrogen and oxygen atoms in total. The van der Waals surface area contributed by atoms with Crippen LogP contribution in [0.3, 0.4) is 0 Å². The number of nitrogens with zero attached hydrogens (tertiary/aromatic N) is 3. The number of anilines is 1. The molecule has 0 spiro atoms. The molecule has 72 valence electrons. The standard InChI is InChI=1S/C9H14ClN3/c1-3-4-7-13(2)8-5-6-11-9(10)12-8/h5-6H,3-4,7H2,1-2H3. The summed E-state index contributed by atoms with van der Waals surface area (Å²) in [6.45, 7) is 3.17. The van der Waals surface area contributed by atoms with Crippen LogP contribution >= 0.6 is 11.6 Å². The summed E-state index contributed by atoms with van der Waals surface area (Å²) in [4.78, 5) is 10.0. The molecular weight excluding hydrogens is 186 g/mol. The van der Waals surface area contributed by atoms with Crippen LogP contribution in [-0.2, 0) is 0 Å². The van der Waals surface area contributed by atoms with Gasteiger partial charge in [0.05, 0.1) is 0 Å². The van der Waals surface area contributed by atoms with Gasteiger partial charge in [0.1, 0.15) is 5.82 Å². The van der Waals surface area contributed by atoms with Crippen molar-refractivity contribution in [2.45, 2.75) is 19.8 Å². The van der Waals surface area contributed by atoms with Crippen molar-refractivity contribution in [3.63, 3.8) is 0 Å². The first kappa shape index (κ1) is 10.3. The fraction of sp³-hybridized carbons (Fsp3) is 0.556. The highest BCUT2D eigenvalue weighted by molar-refractivity contribution is 6.28. The summed E-state index contributed by atoms with van der Waals surface area (Å²) in [7, 11) is 2.01. The van der Waals surface area contributed by atoms with E-state index in [1.165, 1.54) is 6.42 Å². The first-order valence-electron chi connectivity index (χ1n) is 4.43. The van der Waals surface area contributed by atoms with Gasteiger partial charge in [-0.3, -0.25) is 0 Å². The molecule has 0 saturated carbocycles. The molecule has 0 aromatic carbocycles. The van der Waals surface area contributed by atoms with E-state index >= 15 is 0 Å². The van der Waals surface area contributed by atoms with Crippen LogP contribution in [0, 0.1) is 0 Å². The third-order valence-electron chi connectivity index (χ3n) is 1.85. The lowest BCUT2D eigenvalue weighted by molar-refractivity contribution is 0.758. The zero-order valence-corrected chi connectivity index (χ0v) is 8.75. The summed E-state index contributed by atoms with van der Waals surface area (Å²) in [6.07, 6.45) is 4.02. The Hall–Kier alpha value is -0.830. The first-order valence-corrected chi connectivity index (χ1v) is 4.81. The summed E-state index contributed by atoms with van der Waals surface area (Å²) < 4.78 is 0. The lowest BCUT2D eigenvalue weighted by Gasteiger charge is -2.16. The van der Waals surface area contributed by atoms with Gasteiger partial charge in [-0.05, 0) is 24.1 Å². The molecule has 0 atom stereocenters. The molecule has 1 heterocycles. The minimum Gasteiger partial charge on any atom is -0.360 e. The largest absolute Gasteiger partial charge is 0.360 e. The molecule has 0 radical (unpaired) electrons. The number of rotatable bonds is 4. The zero-order valence-electron chi connectivity index (χ0n) is 8.00. The maximum absolute atomic E-state index is 5.67. The predicted molar refractivity (Wildman–Crippen MR) is 55.2 cm³/mol. The van der Waals surface area contributed by atoms with Gasteiger partial charge in [0.15, 0.2) is 0 Å². The molecule has 0 saturated heterocycles. The molecule has 0 N–H and O–H groups in total. The Morgan fingerprint density at radius 2 is 2.31 bits per heavy atom. The number of hydrogen-bond acceptors (Lipinski definition) is 3. The van der Waals surface area contributed by atoms with Gasteiger partial charge >= 0.3 is 0 Å². The van der Waals surface area contributed by atoms with Crippen LogP contribution < -0.4 is 4.90 Å². The molecule has 0 bridgehead atoms. The minimum atomic E-state index is 0.306. The fourth-order valence-electron chi connectivity index (χ4n) is 1.05. The molecule has 0 unspecified atom stereocenters. The van der Waals surface area contributed by atoms with Crippen LogP contribution in [-0.4, -0.2) is 23.6 Å². The summed E-state index contributed by atoms with van der Waals surface area (Å²) in [5.74, 6) is 0.883. The van der Waals surface area contributed by atoms with Gasteiger partial charge in [-0.15, -0.1) is 0 Å². The van der Waals surface area contributed by atoms with E-state index in [0.717, 1.165) is 18.8 Å². The van der Waals surface area contributed by atoms with Crippen molar-refractivity contribution in [3.05, 3.63) is 17.5 Å². The van der Waals surface area contributed by atoms with E-state index in [4.69, 9.17) is 11.6 Å². The van der Waals surface area contributed by atoms with Gasteiger partial charge in [-0.25, -0.2) is 9.97 Å². The Balaban J connectivity index is 2.60. The van der Waals surface area contributed by atoms with E-state index < -0.39 is 0 Å². The van der Waals surface area contributed by atoms with Gasteiger partial charge < -0.3 is 4.90 Å². The van der Waals surface area contributed by atoms with E-state index in [2.05, 4.69) is 21.8 Å². The Morgan fingerprint density at radius 3 is 2.92 bits per heavy atom. The average Bonchev–Trinajstić information content (AvgIpc) is 2.14. The van der Waals surface area contributed by atoms with Crippen molar-refractivity contribution in [1.82, 2.24) is 9.97 Å². The lowest BCUT2D eigenvalue weighted by atomic mass is 10.3. The van der Waals surface area contributed by atoms with E-state index in [9.17, 15) is 0 Å². The van der Waals surface area contributed by atoms with Crippen LogP contribution in [0.4, 0.5) is 5.82 Å². The van der Waals surface area contributed by atoms with Gasteiger partial charge in [-0.1, -0.05) is 13.3 Å². The van der Waals surface area contributed by atoms with Crippen LogP contribution in [0.1, 0.15) is 19.8 Å². The molecule has 0 aliphatic rings. The van der Waals surface area contributed by atoms with Crippen molar-refractivity contribution >= 4 is 17.4 Å². The zero-order chi connectivity index (χ0) is 9.68. The Kier molecular flexibility index (Phi) is 3.96. The number of aromatic nitrogens is 2. The topological polar surface area (TPSA) is 29.0 Å². The molecule has 0 fully saturated rings. The summed E-state index contributed by atoms with van der Waals surface area (Å²) in [5.41, 5.74) is 0. The second-order valence-corrected chi connectivity index (χ2v) is 3.30. The van der Waals surface area contributed by atoms with E-state index in [1.54, 1.807) is 6.20 Å². The molecule has 1 aromatic heterocycles. The Morgan fingerprint density at radius 1 is 1.54 bits per heavy atom. The number of unbranched alkanes of at least 4 members (excludes halogenated alkanes) is 1. The average molecular weight is 200 g/mol. The van der Waals surface area contributed by atoms with E-state index in [-0.39, 0.29) is 0 Å². The SMILES string of the molecule is CCCCN(C)c1ccnc(Cl)n1. The van der Waals surface area contributed by atoms with Crippen molar-refractivity contribution in [1.29, 1.82) is 0 Å². The van der Waals surface area contributed by atoms with Gasteiger partial charge in [0, 0.05) is 19.8 Å². The van der Waals surface area contributed by atoms with E-state index in [0.29, 0.717) is 5.28 Å². The number of halogens is 1. The maximum atomic E-state index is 5.67. The summed E-state index contributed by atoms with van der Waals surface area (Å²) >= 11 is 5.67. The monoisotopic (exact) mass is 199 g/mol. The Labute approximate surface area is 83.8 Å². The summed E-state index contributed by atoms with van der Waals surface area (Å²) in [6, 6.07) is 1.86. The molecule has 4 heteroatoms. The van der Waals surface area contributed by atoms with Crippen LogP contribution in [0.15, 0.2) is 12.3 Å². The molecule has 13 heavy (non-hydrogen) atoms. The van der Waals surface area contributed by atoms with Crippen molar-refractivity contribution < 1.29 is 0 Å². The molecule has 1 rings (SSSR count). The quantitative estimate of drug-likeness (QED) is 0.698. The third kappa shape index (κ3) is 3.19. The van der Waals surface area contributed by atoms with Gasteiger partial charge in [0.25, 0.3) is 0 Å². The van der Waals surface area contributed by atoms with Crippen LogP contribution in [0.25, 0.3) is 0 Å². The summed E-state index contributed by atoms with van der Waals surface area (Å²) in [5, 5.41) is 0.306. The van der Waals surface area contributed by atoms with Crippen molar-refractivity contribution in [2.24, 2.45) is 0 Å². The van der Waals surface area contributed by atoms with Gasteiger partial charge in [-0.2, -0.15) is 0 Å². The lowest BCUT2D eigenvalue weighted by Crippen LogP contribution is -2.19. The normalized spacial score (nSPS) is 10.1. The molecule has 1 aromatic rings. The highest BCUT2D eigenvalue weighted by Gasteiger charge is 2.01. The Bertz CT molecular complexity index is 265. The van der Waals surface area contributed by atoms with Crippen molar-refractivity contribution in [3.8, 4) is 0 Å². The highest BCUT2D eigenvalue weighted by Crippen LogP contribution is 2.10. The van der Waals surface area contributed by atoms with Crippen LogP contribution in [0.5, 0.6) is 0 Å². The second-order valence-electron chi connectivity index (χ2n) is 2.96. The highest BCUT2D eigenvalue weighted by atomic mass is 35.5. The number of hydrogen-bond donors (Lipinski definition) is 0. The molecule has 0 aliphatic carbocycles. The molecular formula is C9H14ClN3.